The number of halogens is 1. The molecular weight excluding hydrogens is 203 g/mol. The molecule has 0 spiro atoms. The van der Waals surface area contributed by atoms with E-state index in [0.717, 1.165) is 12.0 Å². The zero-order valence-electron chi connectivity index (χ0n) is 9.70. The summed E-state index contributed by atoms with van der Waals surface area (Å²) in [6.45, 7) is 4.81. The molecule has 1 unspecified atom stereocenters. The maximum Gasteiger partial charge on any atom is 0.140 e. The fourth-order valence-corrected chi connectivity index (χ4v) is 1.92. The lowest BCUT2D eigenvalue weighted by Gasteiger charge is -2.20. The first-order valence-electron chi connectivity index (χ1n) is 5.49. The van der Waals surface area contributed by atoms with Crippen molar-refractivity contribution in [2.45, 2.75) is 26.2 Å². The quantitative estimate of drug-likeness (QED) is 0.848. The van der Waals surface area contributed by atoms with Crippen LogP contribution >= 0.6 is 0 Å². The lowest BCUT2D eigenvalue weighted by Crippen LogP contribution is -2.13. The van der Waals surface area contributed by atoms with Gasteiger partial charge in [0.25, 0.3) is 0 Å². The molecule has 2 N–H and O–H groups in total. The van der Waals surface area contributed by atoms with E-state index >= 15 is 0 Å². The highest BCUT2D eigenvalue weighted by Gasteiger charge is 2.16. The van der Waals surface area contributed by atoms with E-state index in [0.29, 0.717) is 12.5 Å². The Kier molecular flexibility index (Phi) is 4.45. The molecule has 2 nitrogen and oxygen atoms in total. The van der Waals surface area contributed by atoms with E-state index in [4.69, 9.17) is 11.0 Å². The Morgan fingerprint density at radius 1 is 1.44 bits per heavy atom. The number of hydrogen-bond donors (Lipinski definition) is 1. The van der Waals surface area contributed by atoms with Gasteiger partial charge in [-0.1, -0.05) is 19.9 Å². The third-order valence-electron chi connectivity index (χ3n) is 2.82. The van der Waals surface area contributed by atoms with Crippen LogP contribution in [0.15, 0.2) is 18.2 Å². The molecule has 3 heteroatoms. The molecule has 16 heavy (non-hydrogen) atoms. The largest absolute Gasteiger partial charge is 0.330 e. The van der Waals surface area contributed by atoms with Crippen LogP contribution in [0.1, 0.15) is 37.3 Å². The van der Waals surface area contributed by atoms with E-state index in [1.54, 1.807) is 12.1 Å². The second-order valence-corrected chi connectivity index (χ2v) is 4.28. The maximum atomic E-state index is 13.2. The van der Waals surface area contributed by atoms with Crippen LogP contribution in [0, 0.1) is 23.1 Å². The van der Waals surface area contributed by atoms with Crippen LogP contribution in [0.25, 0.3) is 0 Å². The highest BCUT2D eigenvalue weighted by molar-refractivity contribution is 5.36. The topological polar surface area (TPSA) is 49.8 Å². The molecule has 0 aliphatic carbocycles. The summed E-state index contributed by atoms with van der Waals surface area (Å²) in [6.07, 6.45) is 0.855. The van der Waals surface area contributed by atoms with Crippen molar-refractivity contribution in [1.29, 1.82) is 5.26 Å². The van der Waals surface area contributed by atoms with Gasteiger partial charge in [0.05, 0.1) is 5.56 Å². The molecule has 0 aliphatic heterocycles. The molecule has 0 fully saturated rings. The summed E-state index contributed by atoms with van der Waals surface area (Å²) >= 11 is 0. The normalized spacial score (nSPS) is 12.5. The van der Waals surface area contributed by atoms with Gasteiger partial charge in [-0.2, -0.15) is 5.26 Å². The monoisotopic (exact) mass is 220 g/mol. The molecule has 1 aromatic rings. The van der Waals surface area contributed by atoms with Crippen LogP contribution in [0.4, 0.5) is 4.39 Å². The molecule has 0 amide bonds. The zero-order chi connectivity index (χ0) is 12.1. The summed E-state index contributed by atoms with van der Waals surface area (Å²) in [6, 6.07) is 6.61. The van der Waals surface area contributed by atoms with Crippen molar-refractivity contribution in [2.75, 3.05) is 6.54 Å². The van der Waals surface area contributed by atoms with Crippen molar-refractivity contribution >= 4 is 0 Å². The van der Waals surface area contributed by atoms with Gasteiger partial charge in [-0.15, -0.1) is 0 Å². The lowest BCUT2D eigenvalue weighted by molar-refractivity contribution is 0.472. The Bertz CT molecular complexity index is 393. The molecule has 0 aromatic heterocycles. The predicted molar refractivity (Wildman–Crippen MR) is 62.4 cm³/mol. The molecule has 0 bridgehead atoms. The number of hydrogen-bond acceptors (Lipinski definition) is 2. The summed E-state index contributed by atoms with van der Waals surface area (Å²) in [5.74, 6) is 0.264. The Labute approximate surface area is 95.9 Å². The highest BCUT2D eigenvalue weighted by atomic mass is 19.1. The lowest BCUT2D eigenvalue weighted by atomic mass is 9.85. The van der Waals surface area contributed by atoms with Gasteiger partial charge in [-0.25, -0.2) is 4.39 Å². The molecule has 0 heterocycles. The first kappa shape index (κ1) is 12.7. The van der Waals surface area contributed by atoms with Crippen molar-refractivity contribution in [3.05, 3.63) is 35.1 Å². The van der Waals surface area contributed by atoms with Crippen molar-refractivity contribution in [3.8, 4) is 6.07 Å². The third kappa shape index (κ3) is 2.80. The molecule has 0 radical (unpaired) electrons. The average Bonchev–Trinajstić information content (AvgIpc) is 2.26. The number of rotatable bonds is 4. The maximum absolute atomic E-state index is 13.2. The van der Waals surface area contributed by atoms with Crippen LogP contribution in [-0.4, -0.2) is 6.54 Å². The minimum Gasteiger partial charge on any atom is -0.330 e. The molecule has 0 aliphatic rings. The first-order valence-corrected chi connectivity index (χ1v) is 5.49. The average molecular weight is 220 g/mol. The van der Waals surface area contributed by atoms with Crippen LogP contribution in [0.5, 0.6) is 0 Å². The Hall–Kier alpha value is -1.40. The third-order valence-corrected chi connectivity index (χ3v) is 2.82. The molecule has 0 saturated carbocycles. The van der Waals surface area contributed by atoms with Gasteiger partial charge in [0.15, 0.2) is 0 Å². The number of nitrogens with zero attached hydrogens (tertiary/aromatic N) is 1. The van der Waals surface area contributed by atoms with Crippen LogP contribution < -0.4 is 5.73 Å². The molecule has 0 saturated heterocycles. The van der Waals surface area contributed by atoms with Crippen molar-refractivity contribution in [2.24, 2.45) is 11.7 Å². The molecular formula is C13H17FN2. The highest BCUT2D eigenvalue weighted by Crippen LogP contribution is 2.28. The van der Waals surface area contributed by atoms with Gasteiger partial charge < -0.3 is 5.73 Å². The first-order chi connectivity index (χ1) is 7.60. The van der Waals surface area contributed by atoms with Crippen molar-refractivity contribution in [3.63, 3.8) is 0 Å². The van der Waals surface area contributed by atoms with Gasteiger partial charge >= 0.3 is 0 Å². The smallest absolute Gasteiger partial charge is 0.140 e. The molecule has 86 valence electrons. The summed E-state index contributed by atoms with van der Waals surface area (Å²) in [5, 5.41) is 8.78. The van der Waals surface area contributed by atoms with E-state index < -0.39 is 5.82 Å². The van der Waals surface area contributed by atoms with E-state index in [1.165, 1.54) is 6.07 Å². The second kappa shape index (κ2) is 5.62. The summed E-state index contributed by atoms with van der Waals surface area (Å²) in [4.78, 5) is 0. The van der Waals surface area contributed by atoms with Gasteiger partial charge in [0, 0.05) is 0 Å². The van der Waals surface area contributed by atoms with E-state index in [2.05, 4.69) is 13.8 Å². The Balaban J connectivity index is 3.06. The Morgan fingerprint density at radius 3 is 2.62 bits per heavy atom. The minimum absolute atomic E-state index is 0.111. The SMILES string of the molecule is CC(C)C(CCN)c1ccc(F)c(C#N)c1. The predicted octanol–water partition coefficient (Wildman–Crippen LogP) is 2.79. The summed E-state index contributed by atoms with van der Waals surface area (Å²) in [7, 11) is 0. The summed E-state index contributed by atoms with van der Waals surface area (Å²) in [5.41, 5.74) is 6.68. The number of benzene rings is 1. The number of nitriles is 1. The van der Waals surface area contributed by atoms with E-state index in [9.17, 15) is 4.39 Å². The van der Waals surface area contributed by atoms with E-state index in [-0.39, 0.29) is 11.5 Å². The van der Waals surface area contributed by atoms with Gasteiger partial charge in [-0.05, 0) is 42.5 Å². The standard InChI is InChI=1S/C13H17FN2/c1-9(2)12(5-6-15)10-3-4-13(14)11(7-10)8-16/h3-4,7,9,12H,5-6,15H2,1-2H3. The fraction of sp³-hybridized carbons (Fsp3) is 0.462. The van der Waals surface area contributed by atoms with Crippen LogP contribution in [0.2, 0.25) is 0 Å². The van der Waals surface area contributed by atoms with Crippen molar-refractivity contribution in [1.82, 2.24) is 0 Å². The Morgan fingerprint density at radius 2 is 2.12 bits per heavy atom. The minimum atomic E-state index is -0.457. The molecule has 1 rings (SSSR count). The molecule has 1 atom stereocenters. The van der Waals surface area contributed by atoms with E-state index in [1.807, 2.05) is 6.07 Å². The second-order valence-electron chi connectivity index (χ2n) is 4.28. The van der Waals surface area contributed by atoms with Crippen LogP contribution in [-0.2, 0) is 0 Å². The van der Waals surface area contributed by atoms with Gasteiger partial charge in [-0.3, -0.25) is 0 Å². The fourth-order valence-electron chi connectivity index (χ4n) is 1.92. The van der Waals surface area contributed by atoms with Gasteiger partial charge in [0.1, 0.15) is 11.9 Å². The zero-order valence-corrected chi connectivity index (χ0v) is 9.70. The number of nitrogens with two attached hydrogens (primary N) is 1. The molecule has 1 aromatic carbocycles. The van der Waals surface area contributed by atoms with Gasteiger partial charge in [0.2, 0.25) is 0 Å². The summed E-state index contributed by atoms with van der Waals surface area (Å²) < 4.78 is 13.2. The van der Waals surface area contributed by atoms with Crippen LogP contribution in [0.3, 0.4) is 0 Å². The van der Waals surface area contributed by atoms with Crippen molar-refractivity contribution < 1.29 is 4.39 Å².